The number of nitrogens with zero attached hydrogens (tertiary/aromatic N) is 2. The Morgan fingerprint density at radius 2 is 1.78 bits per heavy atom. The summed E-state index contributed by atoms with van der Waals surface area (Å²) in [5.74, 6) is 1.25. The molecule has 0 spiro atoms. The molecule has 8 nitrogen and oxygen atoms in total. The number of hydrogen-bond acceptors (Lipinski definition) is 6. The Morgan fingerprint density at radius 1 is 1.12 bits per heavy atom. The minimum atomic E-state index is -3.46. The summed E-state index contributed by atoms with van der Waals surface area (Å²) in [6, 6.07) is 13.5. The van der Waals surface area contributed by atoms with Crippen molar-refractivity contribution in [3.05, 3.63) is 48.5 Å². The fourth-order valence-corrected chi connectivity index (χ4v) is 5.38. The van der Waals surface area contributed by atoms with Crippen LogP contribution >= 0.6 is 0 Å². The zero-order valence-electron chi connectivity index (χ0n) is 18.4. The molecule has 2 unspecified atom stereocenters. The number of nitrogens with one attached hydrogen (secondary N) is 1. The van der Waals surface area contributed by atoms with E-state index in [-0.39, 0.29) is 16.9 Å². The second kappa shape index (κ2) is 9.48. The third-order valence-corrected chi connectivity index (χ3v) is 7.84. The number of anilines is 1. The van der Waals surface area contributed by atoms with Gasteiger partial charge in [0.2, 0.25) is 15.9 Å². The number of carbonyl (C=O) groups is 1. The maximum absolute atomic E-state index is 12.7. The van der Waals surface area contributed by atoms with Crippen molar-refractivity contribution in [1.29, 1.82) is 0 Å². The molecule has 2 aromatic rings. The average Bonchev–Trinajstić information content (AvgIpc) is 3.35. The highest BCUT2D eigenvalue weighted by atomic mass is 32.2. The fourth-order valence-electron chi connectivity index (χ4n) is 3.87. The average molecular weight is 460 g/mol. The normalized spacial score (nSPS) is 19.7. The molecule has 2 aliphatic rings. The molecule has 0 aliphatic carbocycles. The Balaban J connectivity index is 1.32. The summed E-state index contributed by atoms with van der Waals surface area (Å²) in [6.45, 7) is 3.88. The number of fused-ring (bicyclic) bond motifs is 1. The van der Waals surface area contributed by atoms with Crippen molar-refractivity contribution >= 4 is 21.6 Å². The van der Waals surface area contributed by atoms with Gasteiger partial charge in [-0.05, 0) is 63.2 Å². The largest absolute Gasteiger partial charge is 0.486 e. The van der Waals surface area contributed by atoms with Gasteiger partial charge in [-0.2, -0.15) is 4.31 Å². The van der Waals surface area contributed by atoms with Crippen LogP contribution in [0.2, 0.25) is 0 Å². The number of likely N-dealkylation sites (N-methyl/N-ethyl adjacent to an activating group) is 1. The van der Waals surface area contributed by atoms with Gasteiger partial charge in [0.25, 0.3) is 0 Å². The van der Waals surface area contributed by atoms with Crippen molar-refractivity contribution in [3.8, 4) is 11.5 Å². The molecule has 1 amide bonds. The van der Waals surface area contributed by atoms with Gasteiger partial charge in [-0.25, -0.2) is 8.42 Å². The van der Waals surface area contributed by atoms with Crippen LogP contribution in [0.1, 0.15) is 19.8 Å². The molecular weight excluding hydrogens is 430 g/mol. The van der Waals surface area contributed by atoms with E-state index >= 15 is 0 Å². The molecule has 0 aromatic heterocycles. The number of ether oxygens (including phenoxy) is 2. The van der Waals surface area contributed by atoms with E-state index in [4.69, 9.17) is 9.47 Å². The Hall–Kier alpha value is -2.62. The van der Waals surface area contributed by atoms with Crippen LogP contribution in [-0.4, -0.2) is 69.0 Å². The summed E-state index contributed by atoms with van der Waals surface area (Å²) in [5, 5.41) is 2.86. The smallest absolute Gasteiger partial charge is 0.243 e. The predicted octanol–water partition coefficient (Wildman–Crippen LogP) is 2.57. The van der Waals surface area contributed by atoms with Crippen LogP contribution in [0.5, 0.6) is 11.5 Å². The lowest BCUT2D eigenvalue weighted by Gasteiger charge is -2.31. The van der Waals surface area contributed by atoms with Gasteiger partial charge in [0.1, 0.15) is 12.7 Å². The number of para-hydroxylation sites is 2. The lowest BCUT2D eigenvalue weighted by atomic mass is 10.2. The molecule has 9 heteroatoms. The van der Waals surface area contributed by atoms with Crippen molar-refractivity contribution in [3.63, 3.8) is 0 Å². The maximum Gasteiger partial charge on any atom is 0.243 e. The molecule has 2 heterocycles. The highest BCUT2D eigenvalue weighted by molar-refractivity contribution is 7.89. The first-order chi connectivity index (χ1) is 15.3. The van der Waals surface area contributed by atoms with Crippen molar-refractivity contribution in [1.82, 2.24) is 9.21 Å². The molecule has 2 aromatic carbocycles. The monoisotopic (exact) mass is 459 g/mol. The van der Waals surface area contributed by atoms with Gasteiger partial charge in [-0.3, -0.25) is 9.69 Å². The van der Waals surface area contributed by atoms with Crippen LogP contribution in [0.4, 0.5) is 5.69 Å². The van der Waals surface area contributed by atoms with E-state index in [2.05, 4.69) is 5.32 Å². The van der Waals surface area contributed by atoms with E-state index in [0.717, 1.165) is 18.6 Å². The van der Waals surface area contributed by atoms with Crippen LogP contribution in [-0.2, 0) is 14.8 Å². The number of sulfonamides is 1. The van der Waals surface area contributed by atoms with Gasteiger partial charge in [0.05, 0.1) is 10.9 Å². The zero-order chi connectivity index (χ0) is 22.7. The minimum absolute atomic E-state index is 0.180. The summed E-state index contributed by atoms with van der Waals surface area (Å²) in [5.41, 5.74) is 0.557. The van der Waals surface area contributed by atoms with E-state index in [1.807, 2.05) is 43.1 Å². The fraction of sp³-hybridized carbons (Fsp3) is 0.435. The highest BCUT2D eigenvalue weighted by Gasteiger charge is 2.28. The van der Waals surface area contributed by atoms with Gasteiger partial charge in [-0.1, -0.05) is 12.1 Å². The minimum Gasteiger partial charge on any atom is -0.486 e. The highest BCUT2D eigenvalue weighted by Crippen LogP contribution is 2.31. The Bertz CT molecular complexity index is 1050. The molecule has 2 aliphatic heterocycles. The SMILES string of the molecule is CC(C(=O)Nc1ccc(S(=O)(=O)N2CCCC2)cc1)N(C)CC1COc2ccccc2O1. The topological polar surface area (TPSA) is 88.2 Å². The standard InChI is InChI=1S/C23H29N3O5S/c1-17(25(2)15-19-16-30-21-7-3-4-8-22(21)31-19)23(27)24-18-9-11-20(12-10-18)32(28,29)26-13-5-6-14-26/h3-4,7-12,17,19H,5-6,13-16H2,1-2H3,(H,24,27). The summed E-state index contributed by atoms with van der Waals surface area (Å²) in [7, 11) is -1.60. The maximum atomic E-state index is 12.7. The van der Waals surface area contributed by atoms with Gasteiger partial charge < -0.3 is 14.8 Å². The summed E-state index contributed by atoms with van der Waals surface area (Å²) >= 11 is 0. The lowest BCUT2D eigenvalue weighted by molar-refractivity contribution is -0.120. The molecule has 1 fully saturated rings. The van der Waals surface area contributed by atoms with Crippen molar-refractivity contribution in [2.75, 3.05) is 38.6 Å². The molecule has 4 rings (SSSR count). The Labute approximate surface area is 189 Å². The van der Waals surface area contributed by atoms with E-state index in [1.54, 1.807) is 24.3 Å². The van der Waals surface area contributed by atoms with Gasteiger partial charge in [0, 0.05) is 25.3 Å². The van der Waals surface area contributed by atoms with Crippen molar-refractivity contribution < 1.29 is 22.7 Å². The van der Waals surface area contributed by atoms with Gasteiger partial charge in [0.15, 0.2) is 11.5 Å². The number of amides is 1. The third-order valence-electron chi connectivity index (χ3n) is 5.92. The molecule has 0 radical (unpaired) electrons. The Kier molecular flexibility index (Phi) is 6.68. The number of rotatable bonds is 7. The van der Waals surface area contributed by atoms with Crippen LogP contribution in [0.3, 0.4) is 0 Å². The van der Waals surface area contributed by atoms with Gasteiger partial charge in [-0.15, -0.1) is 0 Å². The first-order valence-electron chi connectivity index (χ1n) is 10.8. The Morgan fingerprint density at radius 3 is 2.47 bits per heavy atom. The van der Waals surface area contributed by atoms with E-state index in [1.165, 1.54) is 4.31 Å². The van der Waals surface area contributed by atoms with E-state index in [9.17, 15) is 13.2 Å². The number of hydrogen-bond donors (Lipinski definition) is 1. The third kappa shape index (κ3) is 4.90. The molecular formula is C23H29N3O5S. The molecule has 32 heavy (non-hydrogen) atoms. The summed E-state index contributed by atoms with van der Waals surface area (Å²) in [4.78, 5) is 14.9. The van der Waals surface area contributed by atoms with Crippen LogP contribution in [0.15, 0.2) is 53.4 Å². The van der Waals surface area contributed by atoms with Crippen LogP contribution < -0.4 is 14.8 Å². The van der Waals surface area contributed by atoms with Crippen LogP contribution in [0, 0.1) is 0 Å². The molecule has 172 valence electrons. The second-order valence-electron chi connectivity index (χ2n) is 8.24. The first-order valence-corrected chi connectivity index (χ1v) is 12.3. The predicted molar refractivity (Wildman–Crippen MR) is 122 cm³/mol. The van der Waals surface area contributed by atoms with E-state index in [0.29, 0.717) is 37.7 Å². The molecule has 2 atom stereocenters. The first kappa shape index (κ1) is 22.6. The van der Waals surface area contributed by atoms with Crippen molar-refractivity contribution in [2.24, 2.45) is 0 Å². The zero-order valence-corrected chi connectivity index (χ0v) is 19.2. The quantitative estimate of drug-likeness (QED) is 0.685. The summed E-state index contributed by atoms with van der Waals surface area (Å²) < 4.78 is 38.5. The van der Waals surface area contributed by atoms with Crippen molar-refractivity contribution in [2.45, 2.75) is 36.8 Å². The molecule has 1 saturated heterocycles. The lowest BCUT2D eigenvalue weighted by Crippen LogP contribution is -2.46. The van der Waals surface area contributed by atoms with E-state index < -0.39 is 16.1 Å². The molecule has 1 N–H and O–H groups in total. The number of carbonyl (C=O) groups excluding carboxylic acids is 1. The number of benzene rings is 2. The second-order valence-corrected chi connectivity index (χ2v) is 10.2. The van der Waals surface area contributed by atoms with Gasteiger partial charge >= 0.3 is 0 Å². The van der Waals surface area contributed by atoms with Crippen LogP contribution in [0.25, 0.3) is 0 Å². The molecule has 0 bridgehead atoms. The molecule has 0 saturated carbocycles. The summed E-state index contributed by atoms with van der Waals surface area (Å²) in [6.07, 6.45) is 1.60.